The fraction of sp³-hybridized carbons (Fsp3) is 0.500. The van der Waals surface area contributed by atoms with E-state index in [4.69, 9.17) is 34.9 Å². The molecule has 35 nitrogen and oxygen atoms in total. The van der Waals surface area contributed by atoms with E-state index in [1.165, 1.54) is 55.4 Å². The number of nitrogens with zero attached hydrogens (tertiary/aromatic N) is 4. The third-order valence-electron chi connectivity index (χ3n) is 18.5. The van der Waals surface area contributed by atoms with E-state index in [1.54, 1.807) is 36.4 Å². The first-order chi connectivity index (χ1) is 55.7. The van der Waals surface area contributed by atoms with E-state index in [2.05, 4.69) is 84.1 Å². The number of aliphatic hydroxyl groups is 1. The van der Waals surface area contributed by atoms with E-state index < -0.39 is 142 Å². The maximum atomic E-state index is 15.2. The van der Waals surface area contributed by atoms with Gasteiger partial charge in [-0.05, 0) is 162 Å². The van der Waals surface area contributed by atoms with Crippen molar-refractivity contribution in [2.24, 2.45) is 21.6 Å². The van der Waals surface area contributed by atoms with E-state index >= 15 is 9.59 Å². The number of carbonyl (C=O) groups is 11. The van der Waals surface area contributed by atoms with Crippen LogP contribution in [0.1, 0.15) is 135 Å². The number of aliphatic hydroxyl groups excluding tert-OH is 1. The van der Waals surface area contributed by atoms with Crippen LogP contribution in [0.5, 0.6) is 5.75 Å². The molecule has 1 saturated heterocycles. The van der Waals surface area contributed by atoms with Gasteiger partial charge in [0, 0.05) is 95.8 Å². The van der Waals surface area contributed by atoms with Crippen LogP contribution in [0.25, 0.3) is 10.8 Å². The van der Waals surface area contributed by atoms with Gasteiger partial charge in [0.15, 0.2) is 11.9 Å². The molecule has 0 aliphatic carbocycles. The molecule has 0 radical (unpaired) electrons. The summed E-state index contributed by atoms with van der Waals surface area (Å²) in [7, 11) is -4.67. The number of guanidine groups is 2. The molecule has 1 fully saturated rings. The van der Waals surface area contributed by atoms with Crippen molar-refractivity contribution in [1.82, 2.24) is 79.0 Å². The normalized spacial score (nSPS) is 14.7. The standard InChI is InChI=1S/C80H113ClN18O13.H2O4S/c1-9-84-79(85-10-2)88-38-17-15-24-60(70(104)94-62(41-49(5)6)71(105)93-61(25-16-18-39-89-80(86-11-3)87-12-4)78(112)99-40-20-26-68(99)77(111)90-50(7)69(82)103)92-73(107)64(44-53-30-35-59(102)36-31-53)97-76(110)67(48-100)98-75(109)66(46-55-21-19-37-83-47-55)96-74(108)65(43-52-28-33-58(81)34-29-52)95-72(106)63(91-51(8)101)45-54-27-32-56-22-13-14-23-57(56)42-54;1-5(2,3)4/h13-14,19,21-23,27-37,42,47,49-50,60-68,100,102H,9-12,15-18,20,24-26,38-41,43-46,48H2,1-8H3,(H2,82,103)(H,90,111)(H,91,101)(H,92,107)(H,93,105)(H,94,104)(H,95,106)(H,96,108)(H,97,110)(H,98,109)(H2,84,85,88)(H2,86,87,89);(H2,1,2,3,4)/t50-,60-,61+,62+,63-,64+,65+,66-,67+,68+;/m1./s1. The summed E-state index contributed by atoms with van der Waals surface area (Å²) in [5, 5.41) is 60.9. The molecule has 0 saturated carbocycles. The summed E-state index contributed by atoms with van der Waals surface area (Å²) >= 11 is 6.26. The third-order valence-corrected chi connectivity index (χ3v) is 18.7. The molecule has 11 amide bonds. The molecule has 1 aliphatic heterocycles. The Labute approximate surface area is 687 Å². The lowest BCUT2D eigenvalue weighted by atomic mass is 9.99. The van der Waals surface area contributed by atoms with Crippen molar-refractivity contribution in [2.45, 2.75) is 199 Å². The molecular weight excluding hydrogens is 1550 g/mol. The molecule has 117 heavy (non-hydrogen) atoms. The number of aromatic hydroxyl groups is 1. The first-order valence-electron chi connectivity index (χ1n) is 39.3. The number of nitrogens with two attached hydrogens (primary N) is 1. The van der Waals surface area contributed by atoms with Crippen LogP contribution < -0.4 is 74.9 Å². The quantitative estimate of drug-likeness (QED) is 0.0114. The van der Waals surface area contributed by atoms with Gasteiger partial charge in [0.1, 0.15) is 66.2 Å². The number of fused-ring (bicyclic) bond motifs is 1. The fourth-order valence-corrected chi connectivity index (χ4v) is 12.8. The van der Waals surface area contributed by atoms with Crippen molar-refractivity contribution in [3.05, 3.63) is 143 Å². The maximum Gasteiger partial charge on any atom is 0.394 e. The highest BCUT2D eigenvalue weighted by molar-refractivity contribution is 7.79. The zero-order valence-corrected chi connectivity index (χ0v) is 69.0. The number of phenolic OH excluding ortho intramolecular Hbond substituents is 1. The van der Waals surface area contributed by atoms with Crippen LogP contribution in [0.2, 0.25) is 5.02 Å². The molecule has 19 N–H and O–H groups in total. The summed E-state index contributed by atoms with van der Waals surface area (Å²) in [6, 6.07) is 15.3. The van der Waals surface area contributed by atoms with E-state index in [0.29, 0.717) is 104 Å². The van der Waals surface area contributed by atoms with E-state index in [1.807, 2.05) is 84.0 Å². The Hall–Kier alpha value is -11.1. The van der Waals surface area contributed by atoms with Gasteiger partial charge in [0.05, 0.1) is 6.61 Å². The van der Waals surface area contributed by atoms with E-state index in [-0.39, 0.29) is 76.0 Å². The number of rotatable bonds is 44. The number of hydrogen-bond donors (Lipinski definition) is 18. The molecule has 4 aromatic carbocycles. The molecule has 640 valence electrons. The lowest BCUT2D eigenvalue weighted by Gasteiger charge is -2.31. The summed E-state index contributed by atoms with van der Waals surface area (Å²) in [6.07, 6.45) is 4.77. The molecule has 37 heteroatoms. The molecule has 5 aromatic rings. The predicted molar refractivity (Wildman–Crippen MR) is 443 cm³/mol. The van der Waals surface area contributed by atoms with Crippen LogP contribution >= 0.6 is 11.6 Å². The second-order valence-electron chi connectivity index (χ2n) is 28.5. The summed E-state index contributed by atoms with van der Waals surface area (Å²) in [5.41, 5.74) is 7.61. The third kappa shape index (κ3) is 35.5. The lowest BCUT2D eigenvalue weighted by molar-refractivity contribution is -0.142. The Bertz CT molecular complexity index is 4240. The highest BCUT2D eigenvalue weighted by Gasteiger charge is 2.40. The number of halogens is 1. The van der Waals surface area contributed by atoms with Gasteiger partial charge in [-0.2, -0.15) is 8.42 Å². The second kappa shape index (κ2) is 50.4. The number of pyridine rings is 1. The van der Waals surface area contributed by atoms with Crippen LogP contribution in [0.15, 0.2) is 126 Å². The smallest absolute Gasteiger partial charge is 0.394 e. The number of nitrogens with one attached hydrogen (secondary N) is 13. The minimum Gasteiger partial charge on any atom is -0.508 e. The molecule has 6 rings (SSSR count). The number of aliphatic imine (C=N–C) groups is 2. The van der Waals surface area contributed by atoms with Gasteiger partial charge in [0.2, 0.25) is 65.0 Å². The number of aromatic nitrogens is 1. The van der Waals surface area contributed by atoms with E-state index in [0.717, 1.165) is 10.8 Å². The zero-order chi connectivity index (χ0) is 86.2. The Kier molecular flexibility index (Phi) is 41.6. The van der Waals surface area contributed by atoms with Crippen molar-refractivity contribution in [2.75, 3.05) is 52.4 Å². The predicted octanol–water partition coefficient (Wildman–Crippen LogP) is 1.62. The summed E-state index contributed by atoms with van der Waals surface area (Å²) < 4.78 is 31.6. The summed E-state index contributed by atoms with van der Waals surface area (Å²) in [5.74, 6) is -7.72. The van der Waals surface area contributed by atoms with Crippen molar-refractivity contribution >= 4 is 110 Å². The first-order valence-corrected chi connectivity index (χ1v) is 41.0. The first kappa shape index (κ1) is 96.5. The molecule has 10 atom stereocenters. The average Bonchev–Trinajstić information content (AvgIpc) is 1.82. The Morgan fingerprint density at radius 1 is 0.530 bits per heavy atom. The monoisotopic (exact) mass is 1670 g/mol. The van der Waals surface area contributed by atoms with Gasteiger partial charge in [-0.3, -0.25) is 76.8 Å². The van der Waals surface area contributed by atoms with Crippen molar-refractivity contribution in [3.63, 3.8) is 0 Å². The van der Waals surface area contributed by atoms with Gasteiger partial charge in [-0.25, -0.2) is 0 Å². The summed E-state index contributed by atoms with van der Waals surface area (Å²) in [6.45, 7) is 16.3. The minimum atomic E-state index is -4.67. The number of likely N-dealkylation sites (tertiary alicyclic amines) is 1. The van der Waals surface area contributed by atoms with Gasteiger partial charge < -0.3 is 90.0 Å². The molecule has 0 unspecified atom stereocenters. The number of carbonyl (C=O) groups excluding carboxylic acids is 11. The fourth-order valence-electron chi connectivity index (χ4n) is 12.7. The maximum absolute atomic E-state index is 15.2. The second-order valence-corrected chi connectivity index (χ2v) is 29.8. The molecule has 0 bridgehead atoms. The Morgan fingerprint density at radius 3 is 1.44 bits per heavy atom. The summed E-state index contributed by atoms with van der Waals surface area (Å²) in [4.78, 5) is 172. The number of primary amides is 1. The minimum absolute atomic E-state index is 0.0365. The number of unbranched alkanes of at least 4 members (excludes halogenated alkanes) is 2. The van der Waals surface area contributed by atoms with Crippen LogP contribution in [0, 0.1) is 5.92 Å². The highest BCUT2D eigenvalue weighted by Crippen LogP contribution is 2.23. The highest BCUT2D eigenvalue weighted by atomic mass is 35.5. The van der Waals surface area contributed by atoms with Crippen molar-refractivity contribution < 1.29 is 80.5 Å². The average molecular weight is 1670 g/mol. The topological polar surface area (TPSA) is 526 Å². The van der Waals surface area contributed by atoms with Crippen molar-refractivity contribution in [1.29, 1.82) is 0 Å². The van der Waals surface area contributed by atoms with Crippen LogP contribution in [-0.4, -0.2) is 227 Å². The molecular formula is C80H115ClN18O17S. The van der Waals surface area contributed by atoms with Crippen LogP contribution in [0.4, 0.5) is 0 Å². The molecule has 1 aliphatic rings. The molecule has 2 heterocycles. The van der Waals surface area contributed by atoms with Gasteiger partial charge in [0.25, 0.3) is 0 Å². The Morgan fingerprint density at radius 2 is 0.957 bits per heavy atom. The van der Waals surface area contributed by atoms with Gasteiger partial charge in [-0.1, -0.05) is 98.2 Å². The van der Waals surface area contributed by atoms with Crippen LogP contribution in [-0.2, 0) is 88.8 Å². The lowest BCUT2D eigenvalue weighted by Crippen LogP contribution is -2.61. The number of amides is 11. The molecule has 0 spiro atoms. The Balaban J connectivity index is 0.00000473. The number of phenols is 1. The van der Waals surface area contributed by atoms with Gasteiger partial charge in [-0.15, -0.1) is 0 Å². The number of hydrogen-bond acceptors (Lipinski definition) is 18. The van der Waals surface area contributed by atoms with Crippen molar-refractivity contribution in [3.8, 4) is 5.75 Å². The number of benzene rings is 4. The van der Waals surface area contributed by atoms with E-state index in [9.17, 15) is 53.4 Å². The zero-order valence-electron chi connectivity index (χ0n) is 67.4. The molecule has 1 aromatic heterocycles. The SMILES string of the molecule is CCNC(=NCCCC[C@H](NC(=O)[C@H](CC(C)C)NC(=O)[C@@H](CCCCN=C(NCC)NCC)NC(=O)[C@H](Cc1ccc(O)cc1)NC(=O)[C@H](CO)NC(=O)[C@@H](Cc1cccnc1)NC(=O)[C@H](Cc1ccc(Cl)cc1)NC(=O)[C@@H](Cc1ccc2ccccc2c1)NC(C)=O)C(=O)N1CCC[C@H]1C(=O)N[C@H](C)C(N)=O)NCC.O=S(=O)(O)O. The largest absolute Gasteiger partial charge is 0.508 e. The van der Waals surface area contributed by atoms with Crippen LogP contribution in [0.3, 0.4) is 0 Å². The van der Waals surface area contributed by atoms with Gasteiger partial charge >= 0.3 is 10.4 Å².